The lowest BCUT2D eigenvalue weighted by atomic mass is 9.88. The van der Waals surface area contributed by atoms with Crippen LogP contribution in [0.2, 0.25) is 0 Å². The van der Waals surface area contributed by atoms with Crippen molar-refractivity contribution in [2.45, 2.75) is 26.3 Å². The summed E-state index contributed by atoms with van der Waals surface area (Å²) in [6.07, 6.45) is 6.22. The maximum Gasteiger partial charge on any atom is 0.333 e. The van der Waals surface area contributed by atoms with Crippen molar-refractivity contribution in [2.75, 3.05) is 0 Å². The van der Waals surface area contributed by atoms with Crippen molar-refractivity contribution in [1.82, 2.24) is 0 Å². The van der Waals surface area contributed by atoms with Crippen LogP contribution in [0.1, 0.15) is 20.3 Å². The molecule has 1 aliphatic rings. The average Bonchev–Trinajstić information content (AvgIpc) is 2.11. The summed E-state index contributed by atoms with van der Waals surface area (Å²) in [5.41, 5.74) is 8.07. The monoisotopic (exact) mass is 193 g/mol. The normalized spacial score (nSPS) is 24.5. The quantitative estimate of drug-likeness (QED) is 0.700. The van der Waals surface area contributed by atoms with E-state index in [1.807, 2.05) is 19.9 Å². The predicted octanol–water partition coefficient (Wildman–Crippen LogP) is 1.62. The van der Waals surface area contributed by atoms with Crippen LogP contribution in [0.4, 0.5) is 0 Å². The fourth-order valence-corrected chi connectivity index (χ4v) is 1.54. The lowest BCUT2D eigenvalue weighted by molar-refractivity contribution is -0.132. The van der Waals surface area contributed by atoms with E-state index in [2.05, 4.69) is 0 Å². The highest BCUT2D eigenvalue weighted by molar-refractivity contribution is 5.90. The summed E-state index contributed by atoms with van der Waals surface area (Å²) in [7, 11) is 0. The zero-order chi connectivity index (χ0) is 10.7. The molecule has 1 aliphatic carbocycles. The smallest absolute Gasteiger partial charge is 0.333 e. The summed E-state index contributed by atoms with van der Waals surface area (Å²) in [4.78, 5) is 10.8. The molecular weight excluding hydrogens is 178 g/mol. The molecule has 76 valence electrons. The third-order valence-electron chi connectivity index (χ3n) is 2.31. The number of carbonyl (C=O) groups is 1. The van der Waals surface area contributed by atoms with E-state index in [4.69, 9.17) is 10.8 Å². The number of hydrogen-bond donors (Lipinski definition) is 2. The van der Waals surface area contributed by atoms with Gasteiger partial charge in [-0.3, -0.25) is 0 Å². The van der Waals surface area contributed by atoms with Gasteiger partial charge in [0.1, 0.15) is 0 Å². The number of hydrogen-bond acceptors (Lipinski definition) is 2. The Bertz CT molecular complexity index is 337. The van der Waals surface area contributed by atoms with Crippen LogP contribution in [-0.2, 0) is 4.79 Å². The summed E-state index contributed by atoms with van der Waals surface area (Å²) in [6.45, 7) is 3.95. The molecule has 1 atom stereocenters. The van der Waals surface area contributed by atoms with Gasteiger partial charge in [0.25, 0.3) is 0 Å². The SMILES string of the molecule is CCC=C1C(C)=CC=C(C(=O)O)C1N. The summed E-state index contributed by atoms with van der Waals surface area (Å²) in [6, 6.07) is -0.488. The highest BCUT2D eigenvalue weighted by atomic mass is 16.4. The summed E-state index contributed by atoms with van der Waals surface area (Å²) >= 11 is 0. The second-order valence-corrected chi connectivity index (χ2v) is 3.32. The standard InChI is InChI=1S/C11H15NO2/c1-3-4-8-7(2)5-6-9(10(8)12)11(13)14/h4-6,10H,3,12H2,1-2H3,(H,13,14). The Morgan fingerprint density at radius 1 is 1.64 bits per heavy atom. The maximum absolute atomic E-state index is 10.8. The molecule has 3 nitrogen and oxygen atoms in total. The number of carboxylic acid groups (broad SMARTS) is 1. The molecule has 0 aromatic heterocycles. The fourth-order valence-electron chi connectivity index (χ4n) is 1.54. The molecule has 0 fully saturated rings. The molecule has 0 amide bonds. The van der Waals surface area contributed by atoms with E-state index in [0.717, 1.165) is 17.6 Å². The van der Waals surface area contributed by atoms with Gasteiger partial charge in [0.15, 0.2) is 0 Å². The van der Waals surface area contributed by atoms with Gasteiger partial charge in [0.05, 0.1) is 11.6 Å². The van der Waals surface area contributed by atoms with Crippen LogP contribution in [0, 0.1) is 0 Å². The Hall–Kier alpha value is -1.35. The second kappa shape index (κ2) is 4.24. The van der Waals surface area contributed by atoms with Gasteiger partial charge in [-0.1, -0.05) is 19.1 Å². The van der Waals surface area contributed by atoms with Crippen LogP contribution in [0.5, 0.6) is 0 Å². The first-order chi connectivity index (χ1) is 6.57. The molecule has 3 heteroatoms. The summed E-state index contributed by atoms with van der Waals surface area (Å²) in [5.74, 6) is -0.941. The molecule has 0 spiro atoms. The van der Waals surface area contributed by atoms with Crippen LogP contribution in [0.25, 0.3) is 0 Å². The number of aliphatic carboxylic acids is 1. The van der Waals surface area contributed by atoms with E-state index in [9.17, 15) is 4.79 Å². The Balaban J connectivity index is 3.08. The lowest BCUT2D eigenvalue weighted by Gasteiger charge is -2.21. The maximum atomic E-state index is 10.8. The lowest BCUT2D eigenvalue weighted by Crippen LogP contribution is -2.31. The molecule has 1 rings (SSSR count). The molecule has 0 saturated carbocycles. The van der Waals surface area contributed by atoms with Gasteiger partial charge in [-0.15, -0.1) is 0 Å². The van der Waals surface area contributed by atoms with Gasteiger partial charge < -0.3 is 10.8 Å². The van der Waals surface area contributed by atoms with E-state index in [1.165, 1.54) is 0 Å². The Kier molecular flexibility index (Phi) is 3.25. The molecular formula is C11H15NO2. The van der Waals surface area contributed by atoms with E-state index >= 15 is 0 Å². The van der Waals surface area contributed by atoms with Gasteiger partial charge in [0.2, 0.25) is 0 Å². The summed E-state index contributed by atoms with van der Waals surface area (Å²) in [5, 5.41) is 8.88. The first-order valence-electron chi connectivity index (χ1n) is 4.65. The average molecular weight is 193 g/mol. The van der Waals surface area contributed by atoms with E-state index in [1.54, 1.807) is 12.2 Å². The van der Waals surface area contributed by atoms with Gasteiger partial charge in [0, 0.05) is 0 Å². The Labute approximate surface area is 83.6 Å². The van der Waals surface area contributed by atoms with Crippen LogP contribution in [-0.4, -0.2) is 17.1 Å². The minimum absolute atomic E-state index is 0.260. The minimum Gasteiger partial charge on any atom is -0.478 e. The topological polar surface area (TPSA) is 63.3 Å². The minimum atomic E-state index is -0.941. The van der Waals surface area contributed by atoms with Crippen LogP contribution >= 0.6 is 0 Å². The Morgan fingerprint density at radius 3 is 2.79 bits per heavy atom. The zero-order valence-electron chi connectivity index (χ0n) is 8.45. The first kappa shape index (κ1) is 10.7. The van der Waals surface area contributed by atoms with Crippen LogP contribution < -0.4 is 5.73 Å². The van der Waals surface area contributed by atoms with Gasteiger partial charge in [-0.05, 0) is 30.6 Å². The molecule has 0 radical (unpaired) electrons. The molecule has 3 N–H and O–H groups in total. The van der Waals surface area contributed by atoms with E-state index in [-0.39, 0.29) is 5.57 Å². The first-order valence-corrected chi connectivity index (χ1v) is 4.65. The van der Waals surface area contributed by atoms with Crippen molar-refractivity contribution in [3.8, 4) is 0 Å². The molecule has 0 bridgehead atoms. The Morgan fingerprint density at radius 2 is 2.29 bits per heavy atom. The number of rotatable bonds is 2. The van der Waals surface area contributed by atoms with Gasteiger partial charge in [-0.25, -0.2) is 4.79 Å². The molecule has 0 aromatic carbocycles. The van der Waals surface area contributed by atoms with Crippen molar-refractivity contribution in [3.05, 3.63) is 34.9 Å². The number of carboxylic acids is 1. The molecule has 0 aliphatic heterocycles. The van der Waals surface area contributed by atoms with Crippen molar-refractivity contribution in [1.29, 1.82) is 0 Å². The molecule has 0 heterocycles. The third-order valence-corrected chi connectivity index (χ3v) is 2.31. The molecule has 0 aromatic rings. The number of nitrogens with two attached hydrogens (primary N) is 1. The zero-order valence-corrected chi connectivity index (χ0v) is 8.45. The number of allylic oxidation sites excluding steroid dienone is 3. The van der Waals surface area contributed by atoms with E-state index in [0.29, 0.717) is 0 Å². The highest BCUT2D eigenvalue weighted by Crippen LogP contribution is 2.23. The highest BCUT2D eigenvalue weighted by Gasteiger charge is 2.23. The second-order valence-electron chi connectivity index (χ2n) is 3.32. The van der Waals surface area contributed by atoms with Gasteiger partial charge in [-0.2, -0.15) is 0 Å². The summed E-state index contributed by atoms with van der Waals surface area (Å²) < 4.78 is 0. The van der Waals surface area contributed by atoms with E-state index < -0.39 is 12.0 Å². The van der Waals surface area contributed by atoms with Crippen LogP contribution in [0.3, 0.4) is 0 Å². The van der Waals surface area contributed by atoms with Crippen molar-refractivity contribution in [2.24, 2.45) is 5.73 Å². The fraction of sp³-hybridized carbons (Fsp3) is 0.364. The van der Waals surface area contributed by atoms with Gasteiger partial charge >= 0.3 is 5.97 Å². The van der Waals surface area contributed by atoms with Crippen molar-refractivity contribution < 1.29 is 9.90 Å². The predicted molar refractivity (Wildman–Crippen MR) is 55.8 cm³/mol. The molecule has 14 heavy (non-hydrogen) atoms. The van der Waals surface area contributed by atoms with Crippen molar-refractivity contribution >= 4 is 5.97 Å². The largest absolute Gasteiger partial charge is 0.478 e. The molecule has 1 unspecified atom stereocenters. The van der Waals surface area contributed by atoms with Crippen molar-refractivity contribution in [3.63, 3.8) is 0 Å². The van der Waals surface area contributed by atoms with Crippen LogP contribution in [0.15, 0.2) is 34.9 Å². The molecule has 0 saturated heterocycles. The third kappa shape index (κ3) is 1.93.